The third-order valence-electron chi connectivity index (χ3n) is 2.83. The Kier molecular flexibility index (Phi) is 4.57. The zero-order valence-electron chi connectivity index (χ0n) is 12.6. The molecule has 0 aliphatic carbocycles. The van der Waals surface area contributed by atoms with Gasteiger partial charge in [0, 0.05) is 5.56 Å². The lowest BCUT2D eigenvalue weighted by Crippen LogP contribution is -2.08. The van der Waals surface area contributed by atoms with Crippen LogP contribution in [-0.2, 0) is 4.74 Å². The van der Waals surface area contributed by atoms with Gasteiger partial charge in [-0.15, -0.1) is 5.10 Å². The van der Waals surface area contributed by atoms with Crippen molar-refractivity contribution in [1.29, 1.82) is 0 Å². The van der Waals surface area contributed by atoms with Crippen molar-refractivity contribution < 1.29 is 14.3 Å². The molecule has 0 fully saturated rings. The summed E-state index contributed by atoms with van der Waals surface area (Å²) >= 11 is 0. The van der Waals surface area contributed by atoms with E-state index in [2.05, 4.69) is 15.4 Å². The van der Waals surface area contributed by atoms with Crippen molar-refractivity contribution >= 4 is 5.97 Å². The normalized spacial score (nSPS) is 10.7. The van der Waals surface area contributed by atoms with Crippen LogP contribution in [0.1, 0.15) is 36.8 Å². The van der Waals surface area contributed by atoms with E-state index in [9.17, 15) is 4.79 Å². The van der Waals surface area contributed by atoms with E-state index in [0.29, 0.717) is 12.3 Å². The first-order valence-corrected chi connectivity index (χ1v) is 6.88. The van der Waals surface area contributed by atoms with Crippen LogP contribution in [0.2, 0.25) is 0 Å². The highest BCUT2D eigenvalue weighted by molar-refractivity contribution is 5.93. The van der Waals surface area contributed by atoms with Gasteiger partial charge in [-0.1, -0.05) is 0 Å². The fourth-order valence-corrected chi connectivity index (χ4v) is 1.96. The highest BCUT2D eigenvalue weighted by Gasteiger charge is 2.19. The van der Waals surface area contributed by atoms with E-state index in [1.165, 1.54) is 0 Å². The summed E-state index contributed by atoms with van der Waals surface area (Å²) in [6.07, 6.45) is 0.108. The number of aromatic amines is 1. The predicted molar refractivity (Wildman–Crippen MR) is 78.3 cm³/mol. The molecular formula is C15H19N3O3. The van der Waals surface area contributed by atoms with Gasteiger partial charge in [0.2, 0.25) is 0 Å². The predicted octanol–water partition coefficient (Wildman–Crippen LogP) is 2.74. The molecule has 0 atom stereocenters. The third kappa shape index (κ3) is 3.39. The van der Waals surface area contributed by atoms with Gasteiger partial charge in [-0.3, -0.25) is 0 Å². The molecule has 0 saturated carbocycles. The Labute approximate surface area is 123 Å². The number of H-pyrrole nitrogens is 1. The molecule has 0 saturated heterocycles. The molecule has 1 aromatic heterocycles. The SMILES string of the molecule is CCOC(=O)c1n[nH]nc1-c1ccc(OC(C)C)c(C)c1. The number of benzene rings is 1. The lowest BCUT2D eigenvalue weighted by atomic mass is 10.1. The zero-order valence-corrected chi connectivity index (χ0v) is 12.6. The number of aryl methyl sites for hydroxylation is 1. The third-order valence-corrected chi connectivity index (χ3v) is 2.83. The van der Waals surface area contributed by atoms with Crippen LogP contribution in [0, 0.1) is 6.92 Å². The van der Waals surface area contributed by atoms with Crippen LogP contribution in [0.25, 0.3) is 11.3 Å². The van der Waals surface area contributed by atoms with Crippen molar-refractivity contribution in [3.05, 3.63) is 29.5 Å². The first-order chi connectivity index (χ1) is 10.0. The minimum Gasteiger partial charge on any atom is -0.491 e. The fraction of sp³-hybridized carbons (Fsp3) is 0.400. The molecule has 0 aliphatic heterocycles. The number of hydrogen-bond donors (Lipinski definition) is 1. The van der Waals surface area contributed by atoms with Crippen LogP contribution in [0.15, 0.2) is 18.2 Å². The highest BCUT2D eigenvalue weighted by Crippen LogP contribution is 2.27. The van der Waals surface area contributed by atoms with Gasteiger partial charge < -0.3 is 9.47 Å². The number of carbonyl (C=O) groups is 1. The number of ether oxygens (including phenoxy) is 2. The molecule has 0 aliphatic rings. The molecule has 2 aromatic rings. The van der Waals surface area contributed by atoms with Crippen molar-refractivity contribution in [3.63, 3.8) is 0 Å². The number of aromatic nitrogens is 3. The van der Waals surface area contributed by atoms with E-state index in [1.54, 1.807) is 6.92 Å². The molecule has 112 valence electrons. The van der Waals surface area contributed by atoms with E-state index in [0.717, 1.165) is 16.9 Å². The van der Waals surface area contributed by atoms with E-state index < -0.39 is 5.97 Å². The van der Waals surface area contributed by atoms with Gasteiger partial charge in [0.15, 0.2) is 5.69 Å². The topological polar surface area (TPSA) is 77.1 Å². The summed E-state index contributed by atoms with van der Waals surface area (Å²) in [5, 5.41) is 10.4. The Balaban J connectivity index is 2.33. The van der Waals surface area contributed by atoms with Gasteiger partial charge in [-0.25, -0.2) is 4.79 Å². The Hall–Kier alpha value is -2.37. The minimum atomic E-state index is -0.485. The molecule has 1 heterocycles. The number of rotatable bonds is 5. The molecule has 0 bridgehead atoms. The lowest BCUT2D eigenvalue weighted by molar-refractivity contribution is 0.0520. The summed E-state index contributed by atoms with van der Waals surface area (Å²) in [4.78, 5) is 11.8. The molecule has 21 heavy (non-hydrogen) atoms. The molecule has 1 aromatic carbocycles. The summed E-state index contributed by atoms with van der Waals surface area (Å²) in [5.74, 6) is 0.330. The lowest BCUT2D eigenvalue weighted by Gasteiger charge is -2.13. The summed E-state index contributed by atoms with van der Waals surface area (Å²) in [5.41, 5.74) is 2.43. The van der Waals surface area contributed by atoms with E-state index in [-0.39, 0.29) is 11.8 Å². The van der Waals surface area contributed by atoms with Gasteiger partial charge in [-0.05, 0) is 51.5 Å². The van der Waals surface area contributed by atoms with Crippen LogP contribution in [0.3, 0.4) is 0 Å². The first-order valence-electron chi connectivity index (χ1n) is 6.88. The number of nitrogens with zero attached hydrogens (tertiary/aromatic N) is 2. The molecule has 2 rings (SSSR count). The molecule has 6 heteroatoms. The summed E-state index contributed by atoms with van der Waals surface area (Å²) in [6.45, 7) is 7.95. The standard InChI is InChI=1S/C15H19N3O3/c1-5-20-15(19)14-13(16-18-17-14)11-6-7-12(10(4)8-11)21-9(2)3/h6-9H,5H2,1-4H3,(H,16,17,18). The molecule has 6 nitrogen and oxygen atoms in total. The van der Waals surface area contributed by atoms with Crippen molar-refractivity contribution in [1.82, 2.24) is 15.4 Å². The van der Waals surface area contributed by atoms with Crippen LogP contribution < -0.4 is 4.74 Å². The van der Waals surface area contributed by atoms with Gasteiger partial charge >= 0.3 is 5.97 Å². The first kappa shape index (κ1) is 15.0. The number of esters is 1. The maximum Gasteiger partial charge on any atom is 0.361 e. The molecule has 0 radical (unpaired) electrons. The second-order valence-electron chi connectivity index (χ2n) is 4.89. The van der Waals surface area contributed by atoms with Crippen molar-refractivity contribution in [2.75, 3.05) is 6.61 Å². The summed E-state index contributed by atoms with van der Waals surface area (Å²) < 4.78 is 10.7. The monoisotopic (exact) mass is 289 g/mol. The molecule has 0 amide bonds. The van der Waals surface area contributed by atoms with Crippen LogP contribution >= 0.6 is 0 Å². The number of nitrogens with one attached hydrogen (secondary N) is 1. The highest BCUT2D eigenvalue weighted by atomic mass is 16.5. The van der Waals surface area contributed by atoms with E-state index in [1.807, 2.05) is 39.0 Å². The second-order valence-corrected chi connectivity index (χ2v) is 4.89. The van der Waals surface area contributed by atoms with E-state index in [4.69, 9.17) is 9.47 Å². The fourth-order valence-electron chi connectivity index (χ4n) is 1.96. The van der Waals surface area contributed by atoms with Crippen LogP contribution in [0.5, 0.6) is 5.75 Å². The van der Waals surface area contributed by atoms with Gasteiger partial charge in [0.25, 0.3) is 0 Å². The Morgan fingerprint density at radius 1 is 1.33 bits per heavy atom. The number of hydrogen-bond acceptors (Lipinski definition) is 5. The Morgan fingerprint density at radius 2 is 2.10 bits per heavy atom. The average molecular weight is 289 g/mol. The summed E-state index contributed by atoms with van der Waals surface area (Å²) in [6, 6.07) is 5.64. The number of carbonyl (C=O) groups excluding carboxylic acids is 1. The summed E-state index contributed by atoms with van der Waals surface area (Å²) in [7, 11) is 0. The molecule has 1 N–H and O–H groups in total. The maximum absolute atomic E-state index is 11.8. The smallest absolute Gasteiger partial charge is 0.361 e. The van der Waals surface area contributed by atoms with Gasteiger partial charge in [0.1, 0.15) is 11.4 Å². The molecular weight excluding hydrogens is 270 g/mol. The Morgan fingerprint density at radius 3 is 2.71 bits per heavy atom. The average Bonchev–Trinajstić information content (AvgIpc) is 2.90. The second kappa shape index (κ2) is 6.39. The minimum absolute atomic E-state index is 0.108. The van der Waals surface area contributed by atoms with Crippen LogP contribution in [-0.4, -0.2) is 34.1 Å². The van der Waals surface area contributed by atoms with Crippen LogP contribution in [0.4, 0.5) is 0 Å². The maximum atomic E-state index is 11.8. The van der Waals surface area contributed by atoms with E-state index >= 15 is 0 Å². The van der Waals surface area contributed by atoms with Gasteiger partial charge in [-0.2, -0.15) is 10.3 Å². The van der Waals surface area contributed by atoms with Crippen molar-refractivity contribution in [2.45, 2.75) is 33.8 Å². The molecule has 0 spiro atoms. The molecule has 0 unspecified atom stereocenters. The largest absolute Gasteiger partial charge is 0.491 e. The quantitative estimate of drug-likeness (QED) is 0.856. The van der Waals surface area contributed by atoms with Crippen molar-refractivity contribution in [3.8, 4) is 17.0 Å². The zero-order chi connectivity index (χ0) is 15.4. The van der Waals surface area contributed by atoms with Crippen molar-refractivity contribution in [2.24, 2.45) is 0 Å². The Bertz CT molecular complexity index is 635. The van der Waals surface area contributed by atoms with Gasteiger partial charge in [0.05, 0.1) is 12.7 Å².